The van der Waals surface area contributed by atoms with Gasteiger partial charge in [0, 0.05) is 13.7 Å². The second-order valence-electron chi connectivity index (χ2n) is 3.60. The van der Waals surface area contributed by atoms with Crippen LogP contribution in [-0.2, 0) is 16.9 Å². The third-order valence-corrected chi connectivity index (χ3v) is 2.81. The van der Waals surface area contributed by atoms with Crippen LogP contribution in [0.15, 0.2) is 24.3 Å². The molecule has 2 heteroatoms. The summed E-state index contributed by atoms with van der Waals surface area (Å²) in [6, 6.07) is 8.40. The van der Waals surface area contributed by atoms with Gasteiger partial charge in [0.05, 0.1) is 5.60 Å². The van der Waals surface area contributed by atoms with Gasteiger partial charge < -0.3 is 10.5 Å². The van der Waals surface area contributed by atoms with Crippen molar-refractivity contribution in [1.82, 2.24) is 0 Å². The number of ether oxygens (including phenoxy) is 1. The predicted octanol–water partition coefficient (Wildman–Crippen LogP) is 1.78. The monoisotopic (exact) mass is 177 g/mol. The predicted molar refractivity (Wildman–Crippen MR) is 52.3 cm³/mol. The van der Waals surface area contributed by atoms with Crippen molar-refractivity contribution in [3.05, 3.63) is 35.4 Å². The lowest BCUT2D eigenvalue weighted by molar-refractivity contribution is 0.0789. The number of nitrogens with two attached hydrogens (primary N) is 1. The third-order valence-electron chi connectivity index (χ3n) is 2.81. The number of benzene rings is 1. The van der Waals surface area contributed by atoms with Crippen LogP contribution in [0.1, 0.15) is 24.0 Å². The number of hydrogen-bond acceptors (Lipinski definition) is 2. The van der Waals surface area contributed by atoms with Gasteiger partial charge in [-0.15, -0.1) is 0 Å². The van der Waals surface area contributed by atoms with Crippen molar-refractivity contribution in [2.75, 3.05) is 7.11 Å². The van der Waals surface area contributed by atoms with Gasteiger partial charge in [0.2, 0.25) is 0 Å². The number of methoxy groups -OCH3 is 1. The Hall–Kier alpha value is -0.860. The van der Waals surface area contributed by atoms with Gasteiger partial charge in [0.15, 0.2) is 0 Å². The minimum Gasteiger partial charge on any atom is -0.374 e. The maximum Gasteiger partial charge on any atom is 0.0929 e. The summed E-state index contributed by atoms with van der Waals surface area (Å²) in [5.74, 6) is 0. The van der Waals surface area contributed by atoms with Crippen molar-refractivity contribution in [3.63, 3.8) is 0 Å². The Bertz CT molecular complexity index is 287. The van der Waals surface area contributed by atoms with E-state index in [1.165, 1.54) is 11.1 Å². The second-order valence-corrected chi connectivity index (χ2v) is 3.60. The smallest absolute Gasteiger partial charge is 0.0929 e. The van der Waals surface area contributed by atoms with E-state index in [2.05, 4.69) is 24.3 Å². The Morgan fingerprint density at radius 3 is 2.31 bits per heavy atom. The van der Waals surface area contributed by atoms with Crippen molar-refractivity contribution in [1.29, 1.82) is 0 Å². The molecule has 0 spiro atoms. The van der Waals surface area contributed by atoms with Crippen LogP contribution < -0.4 is 5.73 Å². The fourth-order valence-corrected chi connectivity index (χ4v) is 1.67. The first-order chi connectivity index (χ1) is 6.30. The molecule has 0 aromatic heterocycles. The molecule has 1 aromatic rings. The Morgan fingerprint density at radius 1 is 1.31 bits per heavy atom. The summed E-state index contributed by atoms with van der Waals surface area (Å²) in [7, 11) is 1.78. The molecule has 13 heavy (non-hydrogen) atoms. The van der Waals surface area contributed by atoms with Crippen LogP contribution in [0.4, 0.5) is 0 Å². The zero-order valence-electron chi connectivity index (χ0n) is 7.92. The molecule has 0 saturated heterocycles. The van der Waals surface area contributed by atoms with Gasteiger partial charge in [-0.05, 0) is 24.0 Å². The zero-order valence-corrected chi connectivity index (χ0v) is 7.92. The SMILES string of the molecule is COC1(c2ccc(CN)cc2)CC1. The summed E-state index contributed by atoms with van der Waals surface area (Å²) in [6.45, 7) is 0.611. The lowest BCUT2D eigenvalue weighted by Crippen LogP contribution is -2.08. The molecule has 0 unspecified atom stereocenters. The molecule has 0 heterocycles. The topological polar surface area (TPSA) is 35.2 Å². The zero-order chi connectivity index (χ0) is 9.31. The molecule has 1 aliphatic carbocycles. The first kappa shape index (κ1) is 8.73. The van der Waals surface area contributed by atoms with E-state index in [0.717, 1.165) is 12.8 Å². The molecule has 0 atom stereocenters. The molecule has 0 bridgehead atoms. The van der Waals surface area contributed by atoms with Gasteiger partial charge in [-0.3, -0.25) is 0 Å². The summed E-state index contributed by atoms with van der Waals surface area (Å²) in [4.78, 5) is 0. The molecule has 0 radical (unpaired) electrons. The van der Waals surface area contributed by atoms with E-state index >= 15 is 0 Å². The Kier molecular flexibility index (Phi) is 2.10. The van der Waals surface area contributed by atoms with Gasteiger partial charge in [0.25, 0.3) is 0 Å². The molecule has 0 amide bonds. The Balaban J connectivity index is 2.23. The van der Waals surface area contributed by atoms with Crippen molar-refractivity contribution in [2.24, 2.45) is 5.73 Å². The third kappa shape index (κ3) is 1.47. The molecule has 1 aromatic carbocycles. The molecule has 1 saturated carbocycles. The van der Waals surface area contributed by atoms with Gasteiger partial charge in [-0.2, -0.15) is 0 Å². The van der Waals surface area contributed by atoms with Gasteiger partial charge in [0.1, 0.15) is 0 Å². The van der Waals surface area contributed by atoms with Crippen LogP contribution in [0.5, 0.6) is 0 Å². The highest BCUT2D eigenvalue weighted by atomic mass is 16.5. The van der Waals surface area contributed by atoms with Crippen LogP contribution in [0, 0.1) is 0 Å². The maximum absolute atomic E-state index is 5.53. The molecular weight excluding hydrogens is 162 g/mol. The van der Waals surface area contributed by atoms with E-state index in [0.29, 0.717) is 6.54 Å². The molecule has 1 fully saturated rings. The van der Waals surface area contributed by atoms with E-state index in [9.17, 15) is 0 Å². The summed E-state index contributed by atoms with van der Waals surface area (Å²) in [6.07, 6.45) is 2.29. The summed E-state index contributed by atoms with van der Waals surface area (Å²) in [5, 5.41) is 0. The average molecular weight is 177 g/mol. The van der Waals surface area contributed by atoms with Crippen molar-refractivity contribution < 1.29 is 4.74 Å². The average Bonchev–Trinajstić information content (AvgIpc) is 2.99. The van der Waals surface area contributed by atoms with E-state index in [4.69, 9.17) is 10.5 Å². The molecule has 2 N–H and O–H groups in total. The first-order valence-electron chi connectivity index (χ1n) is 4.65. The van der Waals surface area contributed by atoms with Crippen molar-refractivity contribution in [3.8, 4) is 0 Å². The minimum absolute atomic E-state index is 0.0348. The summed E-state index contributed by atoms with van der Waals surface area (Å²) in [5.41, 5.74) is 8.02. The lowest BCUT2D eigenvalue weighted by Gasteiger charge is -2.13. The lowest BCUT2D eigenvalue weighted by atomic mass is 10.1. The molecule has 70 valence electrons. The first-order valence-corrected chi connectivity index (χ1v) is 4.65. The highest BCUT2D eigenvalue weighted by Crippen LogP contribution is 2.48. The van der Waals surface area contributed by atoms with Crippen molar-refractivity contribution in [2.45, 2.75) is 25.0 Å². The molecule has 2 nitrogen and oxygen atoms in total. The molecule has 1 aliphatic rings. The van der Waals surface area contributed by atoms with E-state index in [1.807, 2.05) is 0 Å². The highest BCUT2D eigenvalue weighted by molar-refractivity contribution is 5.31. The van der Waals surface area contributed by atoms with E-state index in [1.54, 1.807) is 7.11 Å². The summed E-state index contributed by atoms with van der Waals surface area (Å²) >= 11 is 0. The van der Waals surface area contributed by atoms with Crippen LogP contribution in [0.25, 0.3) is 0 Å². The fraction of sp³-hybridized carbons (Fsp3) is 0.455. The van der Waals surface area contributed by atoms with Gasteiger partial charge in [-0.1, -0.05) is 24.3 Å². The molecular formula is C11H15NO. The highest BCUT2D eigenvalue weighted by Gasteiger charge is 2.44. The molecule has 2 rings (SSSR count). The Labute approximate surface area is 78.7 Å². The normalized spacial score (nSPS) is 18.6. The van der Waals surface area contributed by atoms with Gasteiger partial charge >= 0.3 is 0 Å². The Morgan fingerprint density at radius 2 is 1.92 bits per heavy atom. The molecule has 0 aliphatic heterocycles. The van der Waals surface area contributed by atoms with E-state index in [-0.39, 0.29) is 5.60 Å². The minimum atomic E-state index is 0.0348. The quantitative estimate of drug-likeness (QED) is 0.763. The summed E-state index contributed by atoms with van der Waals surface area (Å²) < 4.78 is 5.48. The fourth-order valence-electron chi connectivity index (χ4n) is 1.67. The second kappa shape index (κ2) is 3.13. The van der Waals surface area contributed by atoms with E-state index < -0.39 is 0 Å². The van der Waals surface area contributed by atoms with Gasteiger partial charge in [-0.25, -0.2) is 0 Å². The van der Waals surface area contributed by atoms with Crippen LogP contribution >= 0.6 is 0 Å². The number of rotatable bonds is 3. The van der Waals surface area contributed by atoms with Crippen LogP contribution in [0.3, 0.4) is 0 Å². The number of hydrogen-bond donors (Lipinski definition) is 1. The standard InChI is InChI=1S/C11H15NO/c1-13-11(6-7-11)10-4-2-9(8-12)3-5-10/h2-5H,6-8,12H2,1H3. The van der Waals surface area contributed by atoms with Crippen LogP contribution in [-0.4, -0.2) is 7.11 Å². The maximum atomic E-state index is 5.53. The largest absolute Gasteiger partial charge is 0.374 e. The van der Waals surface area contributed by atoms with Crippen LogP contribution in [0.2, 0.25) is 0 Å². The van der Waals surface area contributed by atoms with Crippen molar-refractivity contribution >= 4 is 0 Å².